The Morgan fingerprint density at radius 2 is 2.08 bits per heavy atom. The van der Waals surface area contributed by atoms with Crippen LogP contribution in [0, 0.1) is 5.21 Å². The highest BCUT2D eigenvalue weighted by molar-refractivity contribution is 5.94. The van der Waals surface area contributed by atoms with Crippen LogP contribution in [0.1, 0.15) is 36.0 Å². The van der Waals surface area contributed by atoms with E-state index in [1.54, 1.807) is 0 Å². The van der Waals surface area contributed by atoms with Crippen molar-refractivity contribution in [3.05, 3.63) is 65.3 Å². The quantitative estimate of drug-likeness (QED) is 0.577. The number of amides is 1. The van der Waals surface area contributed by atoms with Crippen molar-refractivity contribution < 1.29 is 18.7 Å². The lowest BCUT2D eigenvalue weighted by Gasteiger charge is -2.11. The summed E-state index contributed by atoms with van der Waals surface area (Å²) in [7, 11) is 0. The van der Waals surface area contributed by atoms with Gasteiger partial charge < -0.3 is 19.7 Å². The first-order valence-electron chi connectivity index (χ1n) is 7.73. The van der Waals surface area contributed by atoms with Crippen LogP contribution in [0.3, 0.4) is 0 Å². The first kappa shape index (κ1) is 15.9. The van der Waals surface area contributed by atoms with Gasteiger partial charge in [0, 0.05) is 17.5 Å². The number of benzene rings is 1. The van der Waals surface area contributed by atoms with Crippen molar-refractivity contribution in [1.82, 2.24) is 5.32 Å². The van der Waals surface area contributed by atoms with Crippen LogP contribution in [-0.4, -0.2) is 12.5 Å². The lowest BCUT2D eigenvalue weighted by atomic mass is 10.2. The maximum Gasteiger partial charge on any atom is 0.252 e. The third kappa shape index (κ3) is 3.17. The molecule has 2 aromatic heterocycles. The molecule has 1 amide bonds. The minimum absolute atomic E-state index is 0.270. The van der Waals surface area contributed by atoms with Gasteiger partial charge in [-0.3, -0.25) is 4.79 Å². The fraction of sp³-hybridized carbons (Fsp3) is 0.222. The molecule has 1 unspecified atom stereocenters. The van der Waals surface area contributed by atoms with Crippen LogP contribution in [0.2, 0.25) is 0 Å². The minimum atomic E-state index is -0.320. The van der Waals surface area contributed by atoms with E-state index in [4.69, 9.17) is 9.15 Å². The van der Waals surface area contributed by atoms with Gasteiger partial charge >= 0.3 is 0 Å². The normalized spacial score (nSPS) is 12.1. The van der Waals surface area contributed by atoms with Gasteiger partial charge in [-0.05, 0) is 26.0 Å². The average molecular weight is 326 g/mol. The summed E-state index contributed by atoms with van der Waals surface area (Å²) in [5.41, 5.74) is 1.09. The summed E-state index contributed by atoms with van der Waals surface area (Å²) in [4.78, 5) is 12.2. The molecule has 3 rings (SSSR count). The van der Waals surface area contributed by atoms with Crippen molar-refractivity contribution in [3.63, 3.8) is 0 Å². The number of pyridine rings is 1. The molecule has 6 heteroatoms. The second kappa shape index (κ2) is 6.62. The van der Waals surface area contributed by atoms with Crippen LogP contribution in [0.4, 0.5) is 0 Å². The molecule has 0 aliphatic heterocycles. The molecule has 0 saturated carbocycles. The zero-order valence-electron chi connectivity index (χ0n) is 13.5. The molecule has 0 radical (unpaired) electrons. The highest BCUT2D eigenvalue weighted by atomic mass is 16.5. The summed E-state index contributed by atoms with van der Waals surface area (Å²) in [6.45, 7) is 4.30. The maximum absolute atomic E-state index is 12.2. The third-order valence-corrected chi connectivity index (χ3v) is 3.67. The first-order valence-corrected chi connectivity index (χ1v) is 7.73. The number of ether oxygens (including phenoxy) is 1. The Balaban J connectivity index is 1.80. The molecule has 124 valence electrons. The summed E-state index contributed by atoms with van der Waals surface area (Å²) >= 11 is 0. The fourth-order valence-corrected chi connectivity index (χ4v) is 2.45. The summed E-state index contributed by atoms with van der Waals surface area (Å²) in [5.74, 6) is 1.05. The molecule has 3 aromatic rings. The number of nitrogens with zero attached hydrogens (tertiary/aromatic N) is 1. The second-order valence-corrected chi connectivity index (χ2v) is 5.40. The van der Waals surface area contributed by atoms with E-state index in [0.29, 0.717) is 34.0 Å². The number of para-hydroxylation sites is 1. The van der Waals surface area contributed by atoms with Gasteiger partial charge in [-0.15, -0.1) is 0 Å². The number of nitrogens with one attached hydrogen (secondary N) is 1. The van der Waals surface area contributed by atoms with Gasteiger partial charge in [0.25, 0.3) is 5.91 Å². The standard InChI is InChI=1S/C18H18N2O4/c1-3-23-15-6-4-5-14-11-16(24-17(14)15)12(2)19-18(21)13-7-9-20(22)10-8-13/h4-12H,3H2,1-2H3,(H,19,21). The van der Waals surface area contributed by atoms with E-state index < -0.39 is 0 Å². The van der Waals surface area contributed by atoms with E-state index in [0.717, 1.165) is 5.39 Å². The molecule has 0 bridgehead atoms. The molecular weight excluding hydrogens is 308 g/mol. The van der Waals surface area contributed by atoms with Crippen LogP contribution >= 0.6 is 0 Å². The van der Waals surface area contributed by atoms with Crippen LogP contribution in [-0.2, 0) is 0 Å². The van der Waals surface area contributed by atoms with Gasteiger partial charge in [-0.1, -0.05) is 12.1 Å². The molecule has 0 aliphatic carbocycles. The number of furan rings is 1. The molecule has 0 fully saturated rings. The van der Waals surface area contributed by atoms with Crippen molar-refractivity contribution in [1.29, 1.82) is 0 Å². The molecule has 0 saturated heterocycles. The smallest absolute Gasteiger partial charge is 0.252 e. The molecule has 1 atom stereocenters. The van der Waals surface area contributed by atoms with Gasteiger partial charge in [-0.2, -0.15) is 4.73 Å². The number of rotatable bonds is 5. The van der Waals surface area contributed by atoms with E-state index in [-0.39, 0.29) is 11.9 Å². The van der Waals surface area contributed by atoms with E-state index in [1.165, 1.54) is 24.5 Å². The largest absolute Gasteiger partial charge is 0.619 e. The summed E-state index contributed by atoms with van der Waals surface area (Å²) in [6, 6.07) is 10.2. The van der Waals surface area contributed by atoms with Crippen LogP contribution in [0.15, 0.2) is 53.2 Å². The topological polar surface area (TPSA) is 78.4 Å². The second-order valence-electron chi connectivity index (χ2n) is 5.40. The molecule has 24 heavy (non-hydrogen) atoms. The Hall–Kier alpha value is -3.02. The van der Waals surface area contributed by atoms with E-state index in [1.807, 2.05) is 38.1 Å². The predicted octanol–water partition coefficient (Wildman–Crippen LogP) is 2.96. The van der Waals surface area contributed by atoms with Crippen molar-refractivity contribution >= 4 is 16.9 Å². The molecule has 1 N–H and O–H groups in total. The van der Waals surface area contributed by atoms with Crippen LogP contribution < -0.4 is 14.8 Å². The van der Waals surface area contributed by atoms with Gasteiger partial charge in [0.15, 0.2) is 23.7 Å². The Labute approximate surface area is 139 Å². The molecule has 0 spiro atoms. The average Bonchev–Trinajstić information content (AvgIpc) is 3.01. The van der Waals surface area contributed by atoms with E-state index >= 15 is 0 Å². The van der Waals surface area contributed by atoms with E-state index in [9.17, 15) is 10.0 Å². The zero-order valence-corrected chi connectivity index (χ0v) is 13.5. The van der Waals surface area contributed by atoms with Crippen LogP contribution in [0.5, 0.6) is 5.75 Å². The Morgan fingerprint density at radius 1 is 1.33 bits per heavy atom. The summed E-state index contributed by atoms with van der Waals surface area (Å²) < 4.78 is 12.1. The highest BCUT2D eigenvalue weighted by Gasteiger charge is 2.17. The number of carbonyl (C=O) groups excluding carboxylic acids is 1. The lowest BCUT2D eigenvalue weighted by molar-refractivity contribution is -0.605. The molecule has 2 heterocycles. The summed E-state index contributed by atoms with van der Waals surface area (Å²) in [6.07, 6.45) is 2.57. The molecule has 6 nitrogen and oxygen atoms in total. The van der Waals surface area contributed by atoms with E-state index in [2.05, 4.69) is 5.32 Å². The Morgan fingerprint density at radius 3 is 2.79 bits per heavy atom. The van der Waals surface area contributed by atoms with Gasteiger partial charge in [0.2, 0.25) is 0 Å². The molecule has 1 aromatic carbocycles. The minimum Gasteiger partial charge on any atom is -0.619 e. The van der Waals surface area contributed by atoms with Crippen molar-refractivity contribution in [2.75, 3.05) is 6.61 Å². The van der Waals surface area contributed by atoms with Crippen molar-refractivity contribution in [3.8, 4) is 5.75 Å². The number of hydrogen-bond donors (Lipinski definition) is 1. The van der Waals surface area contributed by atoms with Gasteiger partial charge in [-0.25, -0.2) is 0 Å². The number of hydrogen-bond acceptors (Lipinski definition) is 4. The molecular formula is C18H18N2O4. The number of carbonyl (C=O) groups is 1. The number of fused-ring (bicyclic) bond motifs is 1. The predicted molar refractivity (Wildman–Crippen MR) is 88.7 cm³/mol. The summed E-state index contributed by atoms with van der Waals surface area (Å²) in [5, 5.41) is 14.8. The zero-order chi connectivity index (χ0) is 17.1. The third-order valence-electron chi connectivity index (χ3n) is 3.67. The number of aromatic nitrogens is 1. The SMILES string of the molecule is CCOc1cccc2cc(C(C)NC(=O)c3cc[n+]([O-])cc3)oc12. The molecule has 0 aliphatic rings. The van der Waals surface area contributed by atoms with Crippen molar-refractivity contribution in [2.24, 2.45) is 0 Å². The van der Waals surface area contributed by atoms with Gasteiger partial charge in [0.05, 0.1) is 18.2 Å². The Kier molecular flexibility index (Phi) is 4.37. The fourth-order valence-electron chi connectivity index (χ4n) is 2.45. The van der Waals surface area contributed by atoms with Crippen molar-refractivity contribution in [2.45, 2.75) is 19.9 Å². The van der Waals surface area contributed by atoms with Crippen LogP contribution in [0.25, 0.3) is 11.0 Å². The first-order chi connectivity index (χ1) is 11.6. The van der Waals surface area contributed by atoms with Gasteiger partial charge in [0.1, 0.15) is 5.76 Å². The maximum atomic E-state index is 12.2. The highest BCUT2D eigenvalue weighted by Crippen LogP contribution is 2.31. The Bertz CT molecular complexity index is 855. The lowest BCUT2D eigenvalue weighted by Crippen LogP contribution is -2.29. The monoisotopic (exact) mass is 326 g/mol.